The molecule has 8 nitrogen and oxygen atoms in total. The topological polar surface area (TPSA) is 78.3 Å². The van der Waals surface area contributed by atoms with Crippen molar-refractivity contribution in [3.63, 3.8) is 0 Å². The Morgan fingerprint density at radius 3 is 2.59 bits per heavy atom. The van der Waals surface area contributed by atoms with Gasteiger partial charge in [0.1, 0.15) is 11.6 Å². The molecule has 2 aromatic rings. The summed E-state index contributed by atoms with van der Waals surface area (Å²) in [4.78, 5) is 17.4. The number of amides is 1. The van der Waals surface area contributed by atoms with Crippen molar-refractivity contribution in [2.45, 2.75) is 31.3 Å². The maximum atomic E-state index is 13.2. The van der Waals surface area contributed by atoms with Crippen LogP contribution in [0.5, 0.6) is 0 Å². The zero-order valence-corrected chi connectivity index (χ0v) is 17.5. The Hall–Kier alpha value is -2.29. The molecule has 0 saturated carbocycles. The van der Waals surface area contributed by atoms with Crippen LogP contribution in [0, 0.1) is 5.92 Å². The second kappa shape index (κ2) is 8.61. The van der Waals surface area contributed by atoms with E-state index in [4.69, 9.17) is 0 Å². The molecule has 4 rings (SSSR count). The first kappa shape index (κ1) is 20.0. The molecule has 0 radical (unpaired) electrons. The van der Waals surface area contributed by atoms with Gasteiger partial charge in [-0.05, 0) is 32.5 Å². The van der Waals surface area contributed by atoms with Crippen molar-refractivity contribution < 1.29 is 4.79 Å². The van der Waals surface area contributed by atoms with Crippen LogP contribution in [0.2, 0.25) is 0 Å². The molecule has 156 valence electrons. The fourth-order valence-electron chi connectivity index (χ4n) is 4.45. The van der Waals surface area contributed by atoms with E-state index >= 15 is 0 Å². The summed E-state index contributed by atoms with van der Waals surface area (Å²) in [5, 5.41) is 8.82. The summed E-state index contributed by atoms with van der Waals surface area (Å²) in [5.41, 5.74) is 7.61. The quantitative estimate of drug-likeness (QED) is 0.785. The third kappa shape index (κ3) is 4.19. The highest BCUT2D eigenvalue weighted by molar-refractivity contribution is 5.80. The first-order chi connectivity index (χ1) is 14.0. The van der Waals surface area contributed by atoms with Crippen molar-refractivity contribution in [1.82, 2.24) is 35.4 Å². The van der Waals surface area contributed by atoms with Gasteiger partial charge in [0.25, 0.3) is 0 Å². The van der Waals surface area contributed by atoms with Crippen LogP contribution in [-0.2, 0) is 18.4 Å². The Labute approximate surface area is 172 Å². The number of likely N-dealkylation sites (tertiary alicyclic amines) is 1. The van der Waals surface area contributed by atoms with Crippen LogP contribution >= 0.6 is 0 Å². The van der Waals surface area contributed by atoms with Crippen LogP contribution in [0.25, 0.3) is 0 Å². The number of hydrazine groups is 1. The Morgan fingerprint density at radius 2 is 1.90 bits per heavy atom. The molecule has 2 aliphatic heterocycles. The minimum absolute atomic E-state index is 0.0220. The van der Waals surface area contributed by atoms with Crippen LogP contribution in [0.4, 0.5) is 0 Å². The van der Waals surface area contributed by atoms with Crippen LogP contribution in [0.1, 0.15) is 42.0 Å². The molecule has 1 amide bonds. The number of piperidine rings is 1. The number of hydrogen-bond donors (Lipinski definition) is 2. The normalized spacial score (nSPS) is 23.1. The monoisotopic (exact) mass is 397 g/mol. The van der Waals surface area contributed by atoms with Crippen LogP contribution in [-0.4, -0.2) is 64.2 Å². The summed E-state index contributed by atoms with van der Waals surface area (Å²) in [6.07, 6.45) is 1.87. The zero-order chi connectivity index (χ0) is 20.4. The van der Waals surface area contributed by atoms with Gasteiger partial charge in [0, 0.05) is 32.6 Å². The molecule has 2 unspecified atom stereocenters. The predicted molar refractivity (Wildman–Crippen MR) is 111 cm³/mol. The molecule has 2 saturated heterocycles. The number of benzene rings is 1. The molecule has 29 heavy (non-hydrogen) atoms. The van der Waals surface area contributed by atoms with Crippen molar-refractivity contribution >= 4 is 5.91 Å². The molecule has 0 aliphatic carbocycles. The molecule has 0 bridgehead atoms. The lowest BCUT2D eigenvalue weighted by molar-refractivity contribution is -0.136. The molecule has 2 fully saturated rings. The number of rotatable bonds is 5. The molecule has 1 aromatic carbocycles. The van der Waals surface area contributed by atoms with E-state index < -0.39 is 0 Å². The standard InChI is InChI=1S/C21H31N7O/c1-26(2)14-18-23-25-20(27(18)3)16-9-11-28(12-10-16)21(29)17-13-22-24-19(17)15-7-5-4-6-8-15/h4-8,16-17,19,22,24H,9-14H2,1-3H3. The van der Waals surface area contributed by atoms with Gasteiger partial charge in [0.05, 0.1) is 18.5 Å². The van der Waals surface area contributed by atoms with Gasteiger partial charge in [-0.25, -0.2) is 5.43 Å². The highest BCUT2D eigenvalue weighted by atomic mass is 16.2. The SMILES string of the molecule is CN(C)Cc1nnc(C2CCN(C(=O)C3CNNC3c3ccccc3)CC2)n1C. The highest BCUT2D eigenvalue weighted by Crippen LogP contribution is 2.31. The van der Waals surface area contributed by atoms with E-state index in [1.54, 1.807) is 0 Å². The first-order valence-electron chi connectivity index (χ1n) is 10.4. The van der Waals surface area contributed by atoms with E-state index in [0.717, 1.165) is 49.7 Å². The fraction of sp³-hybridized carbons (Fsp3) is 0.571. The number of hydrogen-bond acceptors (Lipinski definition) is 6. The molecular weight excluding hydrogens is 366 g/mol. The van der Waals surface area contributed by atoms with Gasteiger partial charge in [-0.2, -0.15) is 0 Å². The van der Waals surface area contributed by atoms with E-state index in [1.807, 2.05) is 44.2 Å². The Balaban J connectivity index is 1.38. The van der Waals surface area contributed by atoms with Crippen molar-refractivity contribution in [2.75, 3.05) is 33.7 Å². The number of aromatic nitrogens is 3. The summed E-state index contributed by atoms with van der Waals surface area (Å²) in [6, 6.07) is 10.2. The minimum Gasteiger partial charge on any atom is -0.342 e. The minimum atomic E-state index is -0.0736. The van der Waals surface area contributed by atoms with E-state index in [0.29, 0.717) is 12.5 Å². The number of nitrogens with one attached hydrogen (secondary N) is 2. The maximum absolute atomic E-state index is 13.2. The van der Waals surface area contributed by atoms with Gasteiger partial charge >= 0.3 is 0 Å². The van der Waals surface area contributed by atoms with Crippen molar-refractivity contribution in [3.8, 4) is 0 Å². The van der Waals surface area contributed by atoms with Crippen molar-refractivity contribution in [2.24, 2.45) is 13.0 Å². The van der Waals surface area contributed by atoms with Gasteiger partial charge < -0.3 is 14.4 Å². The molecular formula is C21H31N7O. The van der Waals surface area contributed by atoms with Gasteiger partial charge in [0.2, 0.25) is 5.91 Å². The number of carbonyl (C=O) groups excluding carboxylic acids is 1. The molecule has 8 heteroatoms. The smallest absolute Gasteiger partial charge is 0.229 e. The van der Waals surface area contributed by atoms with E-state index in [1.165, 1.54) is 0 Å². The average molecular weight is 398 g/mol. The highest BCUT2D eigenvalue weighted by Gasteiger charge is 2.38. The lowest BCUT2D eigenvalue weighted by atomic mass is 9.91. The first-order valence-corrected chi connectivity index (χ1v) is 10.4. The lowest BCUT2D eigenvalue weighted by Gasteiger charge is -2.34. The van der Waals surface area contributed by atoms with Crippen LogP contribution in [0.3, 0.4) is 0 Å². The summed E-state index contributed by atoms with van der Waals surface area (Å²) in [7, 11) is 6.12. The molecule has 3 heterocycles. The van der Waals surface area contributed by atoms with Gasteiger partial charge in [-0.3, -0.25) is 10.2 Å². The number of carbonyl (C=O) groups is 1. The van der Waals surface area contributed by atoms with Crippen LogP contribution in [0.15, 0.2) is 30.3 Å². The molecule has 2 N–H and O–H groups in total. The fourth-order valence-corrected chi connectivity index (χ4v) is 4.45. The van der Waals surface area contributed by atoms with E-state index in [9.17, 15) is 4.79 Å². The van der Waals surface area contributed by atoms with E-state index in [2.05, 4.69) is 42.6 Å². The summed E-state index contributed by atoms with van der Waals surface area (Å²) in [6.45, 7) is 2.99. The lowest BCUT2D eigenvalue weighted by Crippen LogP contribution is -2.43. The maximum Gasteiger partial charge on any atom is 0.229 e. The largest absolute Gasteiger partial charge is 0.342 e. The summed E-state index contributed by atoms with van der Waals surface area (Å²) in [5.74, 6) is 2.55. The molecule has 0 spiro atoms. The van der Waals surface area contributed by atoms with Gasteiger partial charge in [-0.15, -0.1) is 10.2 Å². The molecule has 2 atom stereocenters. The Bertz CT molecular complexity index is 827. The van der Waals surface area contributed by atoms with E-state index in [-0.39, 0.29) is 17.9 Å². The molecule has 2 aliphatic rings. The van der Waals surface area contributed by atoms with Crippen LogP contribution < -0.4 is 10.9 Å². The third-order valence-electron chi connectivity index (χ3n) is 6.09. The van der Waals surface area contributed by atoms with Crippen molar-refractivity contribution in [3.05, 3.63) is 47.5 Å². The Kier molecular flexibility index (Phi) is 5.94. The summed E-state index contributed by atoms with van der Waals surface area (Å²) < 4.78 is 2.12. The second-order valence-electron chi connectivity index (χ2n) is 8.39. The number of nitrogens with zero attached hydrogens (tertiary/aromatic N) is 5. The van der Waals surface area contributed by atoms with Gasteiger partial charge in [-0.1, -0.05) is 30.3 Å². The predicted octanol–water partition coefficient (Wildman–Crippen LogP) is 1.05. The zero-order valence-electron chi connectivity index (χ0n) is 17.5. The molecule has 1 aromatic heterocycles. The summed E-state index contributed by atoms with van der Waals surface area (Å²) >= 11 is 0. The van der Waals surface area contributed by atoms with Gasteiger partial charge in [0.15, 0.2) is 0 Å². The average Bonchev–Trinajstić information content (AvgIpc) is 3.36. The second-order valence-corrected chi connectivity index (χ2v) is 8.39. The Morgan fingerprint density at radius 1 is 1.17 bits per heavy atom. The van der Waals surface area contributed by atoms with Crippen molar-refractivity contribution in [1.29, 1.82) is 0 Å². The third-order valence-corrected chi connectivity index (χ3v) is 6.09.